The maximum absolute atomic E-state index is 12.2. The number of halogens is 1. The van der Waals surface area contributed by atoms with Crippen LogP contribution >= 0.6 is 11.6 Å². The van der Waals surface area contributed by atoms with E-state index < -0.39 is 6.10 Å². The summed E-state index contributed by atoms with van der Waals surface area (Å²) < 4.78 is 5.72. The molecule has 2 atom stereocenters. The SMILES string of the molecule is Cc1cc(Cl)ccc1OC(C)C(=O)N1CC[C@H](N)C1. The van der Waals surface area contributed by atoms with Crippen molar-refractivity contribution in [2.24, 2.45) is 5.73 Å². The Morgan fingerprint density at radius 3 is 2.89 bits per heavy atom. The van der Waals surface area contributed by atoms with E-state index in [2.05, 4.69) is 0 Å². The molecule has 0 aliphatic carbocycles. The van der Waals surface area contributed by atoms with E-state index >= 15 is 0 Å². The number of nitrogens with two attached hydrogens (primary N) is 1. The molecule has 1 aliphatic heterocycles. The van der Waals surface area contributed by atoms with Crippen molar-refractivity contribution in [3.05, 3.63) is 28.8 Å². The second kappa shape index (κ2) is 5.80. The molecule has 1 aromatic carbocycles. The van der Waals surface area contributed by atoms with Crippen LogP contribution in [-0.4, -0.2) is 36.0 Å². The highest BCUT2D eigenvalue weighted by atomic mass is 35.5. The van der Waals surface area contributed by atoms with Crippen LogP contribution in [0.1, 0.15) is 18.9 Å². The quantitative estimate of drug-likeness (QED) is 0.922. The third kappa shape index (κ3) is 3.39. The first-order valence-electron chi connectivity index (χ1n) is 6.44. The predicted octanol–water partition coefficient (Wildman–Crippen LogP) is 1.98. The second-order valence-electron chi connectivity index (χ2n) is 5.00. The van der Waals surface area contributed by atoms with E-state index in [0.29, 0.717) is 23.9 Å². The van der Waals surface area contributed by atoms with Gasteiger partial charge in [-0.25, -0.2) is 0 Å². The molecule has 0 radical (unpaired) electrons. The lowest BCUT2D eigenvalue weighted by Gasteiger charge is -2.22. The smallest absolute Gasteiger partial charge is 0.263 e. The van der Waals surface area contributed by atoms with E-state index in [1.54, 1.807) is 24.0 Å². The van der Waals surface area contributed by atoms with Crippen molar-refractivity contribution in [2.45, 2.75) is 32.4 Å². The van der Waals surface area contributed by atoms with Gasteiger partial charge < -0.3 is 15.4 Å². The number of hydrogen-bond donors (Lipinski definition) is 1. The maximum Gasteiger partial charge on any atom is 0.263 e. The first-order chi connectivity index (χ1) is 8.97. The molecule has 0 saturated carbocycles. The van der Waals surface area contributed by atoms with Gasteiger partial charge >= 0.3 is 0 Å². The van der Waals surface area contributed by atoms with E-state index in [0.717, 1.165) is 12.0 Å². The Hall–Kier alpha value is -1.26. The molecule has 0 aromatic heterocycles. The first kappa shape index (κ1) is 14.2. The van der Waals surface area contributed by atoms with Crippen molar-refractivity contribution in [3.8, 4) is 5.75 Å². The second-order valence-corrected chi connectivity index (χ2v) is 5.44. The van der Waals surface area contributed by atoms with Crippen LogP contribution in [0.2, 0.25) is 5.02 Å². The van der Waals surface area contributed by atoms with Gasteiger partial charge in [0.1, 0.15) is 5.75 Å². The lowest BCUT2D eigenvalue weighted by Crippen LogP contribution is -2.40. The summed E-state index contributed by atoms with van der Waals surface area (Å²) in [5, 5.41) is 0.661. The average molecular weight is 283 g/mol. The number of rotatable bonds is 3. The molecule has 0 bridgehead atoms. The topological polar surface area (TPSA) is 55.6 Å². The number of carbonyl (C=O) groups excluding carboxylic acids is 1. The Morgan fingerprint density at radius 1 is 1.58 bits per heavy atom. The molecule has 2 rings (SSSR count). The molecule has 1 heterocycles. The first-order valence-corrected chi connectivity index (χ1v) is 6.82. The van der Waals surface area contributed by atoms with Crippen LogP contribution in [0.25, 0.3) is 0 Å². The van der Waals surface area contributed by atoms with Gasteiger partial charge in [0.2, 0.25) is 0 Å². The van der Waals surface area contributed by atoms with Crippen LogP contribution < -0.4 is 10.5 Å². The lowest BCUT2D eigenvalue weighted by molar-refractivity contribution is -0.136. The maximum atomic E-state index is 12.2. The molecule has 1 unspecified atom stereocenters. The molecule has 0 spiro atoms. The summed E-state index contributed by atoms with van der Waals surface area (Å²) in [6.45, 7) is 5.00. The molecule has 1 aliphatic rings. The molecule has 1 amide bonds. The van der Waals surface area contributed by atoms with Gasteiger partial charge in [0.05, 0.1) is 0 Å². The van der Waals surface area contributed by atoms with Crippen LogP contribution in [0.4, 0.5) is 0 Å². The Balaban J connectivity index is 2.00. The Labute approximate surface area is 118 Å². The van der Waals surface area contributed by atoms with Crippen LogP contribution in [0.5, 0.6) is 5.75 Å². The van der Waals surface area contributed by atoms with E-state index in [9.17, 15) is 4.79 Å². The number of ether oxygens (including phenoxy) is 1. The van der Waals surface area contributed by atoms with Gasteiger partial charge in [-0.15, -0.1) is 0 Å². The van der Waals surface area contributed by atoms with E-state index in [4.69, 9.17) is 22.1 Å². The summed E-state index contributed by atoms with van der Waals surface area (Å²) in [4.78, 5) is 14.0. The van der Waals surface area contributed by atoms with Crippen molar-refractivity contribution < 1.29 is 9.53 Å². The molecule has 2 N–H and O–H groups in total. The summed E-state index contributed by atoms with van der Waals surface area (Å²) in [7, 11) is 0. The monoisotopic (exact) mass is 282 g/mol. The molecule has 4 nitrogen and oxygen atoms in total. The molecule has 1 aromatic rings. The fourth-order valence-electron chi connectivity index (χ4n) is 2.23. The van der Waals surface area contributed by atoms with E-state index in [1.807, 2.05) is 13.0 Å². The van der Waals surface area contributed by atoms with Crippen molar-refractivity contribution in [2.75, 3.05) is 13.1 Å². The number of hydrogen-bond acceptors (Lipinski definition) is 3. The number of benzene rings is 1. The van der Waals surface area contributed by atoms with Gasteiger partial charge in [-0.05, 0) is 44.0 Å². The third-order valence-corrected chi connectivity index (χ3v) is 3.56. The van der Waals surface area contributed by atoms with Crippen LogP contribution in [-0.2, 0) is 4.79 Å². The molecular weight excluding hydrogens is 264 g/mol. The van der Waals surface area contributed by atoms with Crippen LogP contribution in [0.3, 0.4) is 0 Å². The van der Waals surface area contributed by atoms with Gasteiger partial charge in [-0.3, -0.25) is 4.79 Å². The van der Waals surface area contributed by atoms with E-state index in [1.165, 1.54) is 0 Å². The van der Waals surface area contributed by atoms with Crippen molar-refractivity contribution in [1.29, 1.82) is 0 Å². The summed E-state index contributed by atoms with van der Waals surface area (Å²) in [6, 6.07) is 5.46. The summed E-state index contributed by atoms with van der Waals surface area (Å²) in [5.74, 6) is 0.677. The molecule has 19 heavy (non-hydrogen) atoms. The minimum Gasteiger partial charge on any atom is -0.481 e. The molecule has 104 valence electrons. The minimum absolute atomic E-state index is 0.0118. The average Bonchev–Trinajstić information content (AvgIpc) is 2.78. The van der Waals surface area contributed by atoms with Gasteiger partial charge in [-0.1, -0.05) is 11.6 Å². The highest BCUT2D eigenvalue weighted by Gasteiger charge is 2.28. The summed E-state index contributed by atoms with van der Waals surface area (Å²) >= 11 is 5.89. The lowest BCUT2D eigenvalue weighted by atomic mass is 10.2. The highest BCUT2D eigenvalue weighted by Crippen LogP contribution is 2.23. The Kier molecular flexibility index (Phi) is 4.32. The number of amides is 1. The molecule has 1 saturated heterocycles. The van der Waals surface area contributed by atoms with Gasteiger partial charge in [0.25, 0.3) is 5.91 Å². The summed E-state index contributed by atoms with van der Waals surface area (Å²) in [5.41, 5.74) is 6.73. The number of likely N-dealkylation sites (tertiary alicyclic amines) is 1. The number of carbonyl (C=O) groups is 1. The molecule has 5 heteroatoms. The van der Waals surface area contributed by atoms with Crippen LogP contribution in [0, 0.1) is 6.92 Å². The Morgan fingerprint density at radius 2 is 2.32 bits per heavy atom. The van der Waals surface area contributed by atoms with Crippen LogP contribution in [0.15, 0.2) is 18.2 Å². The fourth-order valence-corrected chi connectivity index (χ4v) is 2.46. The third-order valence-electron chi connectivity index (χ3n) is 3.32. The van der Waals surface area contributed by atoms with Gasteiger partial charge in [0, 0.05) is 24.2 Å². The van der Waals surface area contributed by atoms with Crippen molar-refractivity contribution in [1.82, 2.24) is 4.90 Å². The van der Waals surface area contributed by atoms with E-state index in [-0.39, 0.29) is 11.9 Å². The largest absolute Gasteiger partial charge is 0.481 e. The minimum atomic E-state index is -0.509. The zero-order valence-electron chi connectivity index (χ0n) is 11.2. The molecule has 1 fully saturated rings. The highest BCUT2D eigenvalue weighted by molar-refractivity contribution is 6.30. The zero-order chi connectivity index (χ0) is 14.0. The van der Waals surface area contributed by atoms with Crippen molar-refractivity contribution in [3.63, 3.8) is 0 Å². The zero-order valence-corrected chi connectivity index (χ0v) is 12.0. The normalized spacial score (nSPS) is 20.4. The number of nitrogens with zero attached hydrogens (tertiary/aromatic N) is 1. The van der Waals surface area contributed by atoms with Gasteiger partial charge in [0.15, 0.2) is 6.10 Å². The molecular formula is C14H19ClN2O2. The number of aryl methyl sites for hydroxylation is 1. The van der Waals surface area contributed by atoms with Crippen molar-refractivity contribution >= 4 is 17.5 Å². The standard InChI is InChI=1S/C14H19ClN2O2/c1-9-7-11(15)3-4-13(9)19-10(2)14(18)17-6-5-12(16)8-17/h3-4,7,10,12H,5-6,8,16H2,1-2H3/t10?,12-/m0/s1. The predicted molar refractivity (Wildman–Crippen MR) is 75.5 cm³/mol. The fraction of sp³-hybridized carbons (Fsp3) is 0.500. The Bertz CT molecular complexity index is 479. The van der Waals surface area contributed by atoms with Gasteiger partial charge in [-0.2, -0.15) is 0 Å². The summed E-state index contributed by atoms with van der Waals surface area (Å²) in [6.07, 6.45) is 0.350.